The number of benzene rings is 3. The second-order valence-corrected chi connectivity index (χ2v) is 8.21. The topological polar surface area (TPSA) is 49.8 Å². The fourth-order valence-corrected chi connectivity index (χ4v) is 4.26. The highest BCUT2D eigenvalue weighted by Gasteiger charge is 2.34. The molecule has 1 aliphatic rings. The van der Waals surface area contributed by atoms with Crippen molar-refractivity contribution in [1.82, 2.24) is 4.90 Å². The lowest BCUT2D eigenvalue weighted by molar-refractivity contribution is -0.138. The van der Waals surface area contributed by atoms with Crippen LogP contribution in [0.4, 0.5) is 4.39 Å². The summed E-state index contributed by atoms with van der Waals surface area (Å²) in [5.41, 5.74) is 2.83. The van der Waals surface area contributed by atoms with Gasteiger partial charge in [0.2, 0.25) is 5.91 Å². The van der Waals surface area contributed by atoms with Crippen molar-refractivity contribution in [1.29, 1.82) is 0 Å². The van der Waals surface area contributed by atoms with Crippen molar-refractivity contribution in [3.05, 3.63) is 98.8 Å². The Morgan fingerprint density at radius 2 is 1.90 bits per heavy atom. The molecule has 0 aliphatic carbocycles. The number of phenols is 1. The lowest BCUT2D eigenvalue weighted by Gasteiger charge is -2.38. The molecule has 7 heteroatoms. The van der Waals surface area contributed by atoms with E-state index in [4.69, 9.17) is 27.9 Å². The van der Waals surface area contributed by atoms with Crippen LogP contribution in [-0.2, 0) is 22.6 Å². The first-order valence-electron chi connectivity index (χ1n) is 9.81. The van der Waals surface area contributed by atoms with Crippen molar-refractivity contribution < 1.29 is 19.0 Å². The maximum atomic E-state index is 13.8. The summed E-state index contributed by atoms with van der Waals surface area (Å²) in [7, 11) is 0. The normalized spacial score (nSPS) is 15.6. The van der Waals surface area contributed by atoms with Gasteiger partial charge in [-0.25, -0.2) is 4.39 Å². The van der Waals surface area contributed by atoms with E-state index in [1.165, 1.54) is 18.2 Å². The number of aromatic hydroxyl groups is 1. The highest BCUT2D eigenvalue weighted by Crippen LogP contribution is 2.40. The molecule has 0 radical (unpaired) electrons. The number of amides is 1. The molecule has 0 saturated carbocycles. The first-order valence-corrected chi connectivity index (χ1v) is 10.6. The molecule has 4 rings (SSSR count). The molecule has 3 aromatic rings. The van der Waals surface area contributed by atoms with Crippen molar-refractivity contribution >= 4 is 29.1 Å². The van der Waals surface area contributed by atoms with Crippen LogP contribution >= 0.6 is 23.2 Å². The Bertz CT molecular complexity index is 1120. The van der Waals surface area contributed by atoms with Crippen molar-refractivity contribution in [2.75, 3.05) is 13.2 Å². The summed E-state index contributed by atoms with van der Waals surface area (Å²) in [6.45, 7) is 0.412. The molecule has 31 heavy (non-hydrogen) atoms. The number of ether oxygens (including phenoxy) is 1. The minimum atomic E-state index is -0.598. The SMILES string of the molecule is O=C(COCc1ccccc1Cl)N1CCc2cc(F)ccc2C1c1cc(Cl)ccc1O. The molecule has 1 heterocycles. The maximum absolute atomic E-state index is 13.8. The summed E-state index contributed by atoms with van der Waals surface area (Å²) in [6.07, 6.45) is 0.501. The molecule has 0 bridgehead atoms. The van der Waals surface area contributed by atoms with Crippen molar-refractivity contribution in [2.24, 2.45) is 0 Å². The molecule has 0 fully saturated rings. The van der Waals surface area contributed by atoms with Crippen LogP contribution in [0.3, 0.4) is 0 Å². The van der Waals surface area contributed by atoms with Crippen LogP contribution in [0.5, 0.6) is 5.75 Å². The zero-order valence-corrected chi connectivity index (χ0v) is 18.0. The Balaban J connectivity index is 1.60. The number of hydrogen-bond acceptors (Lipinski definition) is 3. The molecule has 0 spiro atoms. The van der Waals surface area contributed by atoms with E-state index >= 15 is 0 Å². The minimum Gasteiger partial charge on any atom is -0.508 e. The molecule has 4 nitrogen and oxygen atoms in total. The predicted molar refractivity (Wildman–Crippen MR) is 118 cm³/mol. The Morgan fingerprint density at radius 3 is 2.71 bits per heavy atom. The zero-order chi connectivity index (χ0) is 22.0. The number of hydrogen-bond donors (Lipinski definition) is 1. The van der Waals surface area contributed by atoms with Crippen LogP contribution < -0.4 is 0 Å². The number of fused-ring (bicyclic) bond motifs is 1. The van der Waals surface area contributed by atoms with Gasteiger partial charge in [-0.15, -0.1) is 0 Å². The minimum absolute atomic E-state index is 0.0151. The summed E-state index contributed by atoms with van der Waals surface area (Å²) in [4.78, 5) is 14.7. The average Bonchev–Trinajstić information content (AvgIpc) is 2.76. The second-order valence-electron chi connectivity index (χ2n) is 7.37. The smallest absolute Gasteiger partial charge is 0.249 e. The Hall–Kier alpha value is -2.60. The van der Waals surface area contributed by atoms with Gasteiger partial charge in [0.15, 0.2) is 0 Å². The largest absolute Gasteiger partial charge is 0.508 e. The number of halogens is 3. The van der Waals surface area contributed by atoms with Gasteiger partial charge in [0, 0.05) is 22.2 Å². The first kappa shape index (κ1) is 21.6. The van der Waals surface area contributed by atoms with Gasteiger partial charge >= 0.3 is 0 Å². The number of rotatable bonds is 5. The molecular formula is C24H20Cl2FNO3. The molecule has 160 valence electrons. The van der Waals surface area contributed by atoms with Gasteiger partial charge in [0.05, 0.1) is 12.6 Å². The van der Waals surface area contributed by atoms with Gasteiger partial charge in [-0.3, -0.25) is 4.79 Å². The molecule has 1 aliphatic heterocycles. The lowest BCUT2D eigenvalue weighted by Crippen LogP contribution is -2.42. The van der Waals surface area contributed by atoms with Gasteiger partial charge < -0.3 is 14.7 Å². The summed E-state index contributed by atoms with van der Waals surface area (Å²) in [5.74, 6) is -0.566. The van der Waals surface area contributed by atoms with E-state index in [1.807, 2.05) is 18.2 Å². The van der Waals surface area contributed by atoms with Crippen LogP contribution in [0.15, 0.2) is 60.7 Å². The molecule has 0 aromatic heterocycles. The Morgan fingerprint density at radius 1 is 1.10 bits per heavy atom. The van der Waals surface area contributed by atoms with E-state index in [0.717, 1.165) is 16.7 Å². The molecule has 1 unspecified atom stereocenters. The van der Waals surface area contributed by atoms with Crippen LogP contribution in [0.1, 0.15) is 28.3 Å². The van der Waals surface area contributed by atoms with Gasteiger partial charge in [-0.05, 0) is 59.5 Å². The number of carbonyl (C=O) groups excluding carboxylic acids is 1. The van der Waals surface area contributed by atoms with Gasteiger partial charge in [-0.1, -0.05) is 47.5 Å². The zero-order valence-electron chi connectivity index (χ0n) is 16.5. The summed E-state index contributed by atoms with van der Waals surface area (Å²) >= 11 is 12.3. The van der Waals surface area contributed by atoms with Gasteiger partial charge in [-0.2, -0.15) is 0 Å². The molecule has 0 saturated heterocycles. The predicted octanol–water partition coefficient (Wildman–Crippen LogP) is 5.53. The van der Waals surface area contributed by atoms with Crippen LogP contribution in [0.2, 0.25) is 10.0 Å². The van der Waals surface area contributed by atoms with Crippen molar-refractivity contribution in [2.45, 2.75) is 19.1 Å². The van der Waals surface area contributed by atoms with Crippen LogP contribution in [-0.4, -0.2) is 29.1 Å². The standard InChI is InChI=1S/C24H20Cl2FNO3/c25-17-5-8-22(29)20(12-17)24-19-7-6-18(27)11-15(19)9-10-28(24)23(30)14-31-13-16-3-1-2-4-21(16)26/h1-8,11-12,24,29H,9-10,13-14H2. The number of carbonyl (C=O) groups is 1. The molecule has 3 aromatic carbocycles. The van der Waals surface area contributed by atoms with E-state index < -0.39 is 6.04 Å². The third-order valence-electron chi connectivity index (χ3n) is 5.38. The summed E-state index contributed by atoms with van der Waals surface area (Å²) < 4.78 is 19.4. The molecule has 1 N–H and O–H groups in total. The highest BCUT2D eigenvalue weighted by atomic mass is 35.5. The van der Waals surface area contributed by atoms with Crippen molar-refractivity contribution in [3.63, 3.8) is 0 Å². The third-order valence-corrected chi connectivity index (χ3v) is 5.98. The lowest BCUT2D eigenvalue weighted by atomic mass is 9.87. The fourth-order valence-electron chi connectivity index (χ4n) is 3.89. The van der Waals surface area contributed by atoms with E-state index in [2.05, 4.69) is 0 Å². The molecule has 1 atom stereocenters. The van der Waals surface area contributed by atoms with E-state index in [9.17, 15) is 14.3 Å². The maximum Gasteiger partial charge on any atom is 0.249 e. The Kier molecular flexibility index (Phi) is 6.46. The van der Waals surface area contributed by atoms with Crippen molar-refractivity contribution in [3.8, 4) is 5.75 Å². The second kappa shape index (κ2) is 9.27. The quantitative estimate of drug-likeness (QED) is 0.545. The number of nitrogens with zero attached hydrogens (tertiary/aromatic N) is 1. The Labute approximate surface area is 189 Å². The van der Waals surface area contributed by atoms with Crippen LogP contribution in [0.25, 0.3) is 0 Å². The van der Waals surface area contributed by atoms with Gasteiger partial charge in [0.25, 0.3) is 0 Å². The van der Waals surface area contributed by atoms with E-state index in [1.54, 1.807) is 29.2 Å². The molecule has 1 amide bonds. The molecular weight excluding hydrogens is 440 g/mol. The van der Waals surface area contributed by atoms with Gasteiger partial charge in [0.1, 0.15) is 18.2 Å². The highest BCUT2D eigenvalue weighted by molar-refractivity contribution is 6.31. The van der Waals surface area contributed by atoms with E-state index in [-0.39, 0.29) is 30.7 Å². The van der Waals surface area contributed by atoms with E-state index in [0.29, 0.717) is 28.6 Å². The first-order chi connectivity index (χ1) is 14.9. The van der Waals surface area contributed by atoms with Crippen LogP contribution in [0, 0.1) is 5.82 Å². The average molecular weight is 460 g/mol. The summed E-state index contributed by atoms with van der Waals surface area (Å²) in [5, 5.41) is 11.5. The monoisotopic (exact) mass is 459 g/mol. The number of phenolic OH excluding ortho intramolecular Hbond substituents is 1. The summed E-state index contributed by atoms with van der Waals surface area (Å²) in [6, 6.07) is 15.9. The fraction of sp³-hybridized carbons (Fsp3) is 0.208. The third kappa shape index (κ3) is 4.69.